The number of hydrogen-bond acceptors (Lipinski definition) is 5. The summed E-state index contributed by atoms with van der Waals surface area (Å²) >= 11 is 0. The highest BCUT2D eigenvalue weighted by molar-refractivity contribution is 6.03. The second-order valence-corrected chi connectivity index (χ2v) is 3.12. The summed E-state index contributed by atoms with van der Waals surface area (Å²) in [5.41, 5.74) is 0.920. The third-order valence-corrected chi connectivity index (χ3v) is 1.83. The molecule has 0 bridgehead atoms. The van der Waals surface area contributed by atoms with Crippen LogP contribution in [0.4, 0.5) is 5.82 Å². The molecule has 0 saturated carbocycles. The van der Waals surface area contributed by atoms with Crippen molar-refractivity contribution in [2.45, 2.75) is 13.8 Å². The summed E-state index contributed by atoms with van der Waals surface area (Å²) < 4.78 is 9.46. The second-order valence-electron chi connectivity index (χ2n) is 3.12. The molecule has 0 spiro atoms. The molecule has 1 N–H and O–H groups in total. The lowest BCUT2D eigenvalue weighted by atomic mass is 10.2. The number of rotatable bonds is 2. The minimum atomic E-state index is -0.366. The van der Waals surface area contributed by atoms with Gasteiger partial charge in [-0.1, -0.05) is 10.3 Å². The third kappa shape index (κ3) is 1.88. The van der Waals surface area contributed by atoms with E-state index < -0.39 is 0 Å². The Kier molecular flexibility index (Phi) is 2.24. The summed E-state index contributed by atoms with van der Waals surface area (Å²) in [6, 6.07) is 1.62. The molecule has 78 valence electrons. The highest BCUT2D eigenvalue weighted by atomic mass is 16.5. The maximum absolute atomic E-state index is 11.6. The lowest BCUT2D eigenvalue weighted by Crippen LogP contribution is -2.13. The first-order chi connectivity index (χ1) is 7.16. The predicted octanol–water partition coefficient (Wildman–Crippen LogP) is 1.53. The van der Waals surface area contributed by atoms with Crippen molar-refractivity contribution in [1.29, 1.82) is 0 Å². The molecular weight excluding hydrogens is 198 g/mol. The van der Waals surface area contributed by atoms with E-state index in [1.54, 1.807) is 19.9 Å². The Hall–Kier alpha value is -2.11. The number of anilines is 1. The highest BCUT2D eigenvalue weighted by Crippen LogP contribution is 2.10. The van der Waals surface area contributed by atoms with Crippen LogP contribution < -0.4 is 5.32 Å². The van der Waals surface area contributed by atoms with Crippen molar-refractivity contribution in [3.05, 3.63) is 29.3 Å². The van der Waals surface area contributed by atoms with Crippen LogP contribution in [0.25, 0.3) is 0 Å². The van der Waals surface area contributed by atoms with Crippen LogP contribution in [0, 0.1) is 13.8 Å². The van der Waals surface area contributed by atoms with Crippen LogP contribution >= 0.6 is 0 Å². The molecule has 0 atom stereocenters. The second kappa shape index (κ2) is 3.56. The zero-order chi connectivity index (χ0) is 10.8. The fourth-order valence-corrected chi connectivity index (χ4v) is 1.11. The SMILES string of the molecule is Cc1cc(NC(=O)c2nocc2C)no1. The quantitative estimate of drug-likeness (QED) is 0.807. The van der Waals surface area contributed by atoms with Gasteiger partial charge in [0.1, 0.15) is 12.0 Å². The van der Waals surface area contributed by atoms with Crippen LogP contribution in [-0.4, -0.2) is 16.2 Å². The smallest absolute Gasteiger partial charge is 0.279 e. The molecule has 2 rings (SSSR count). The average molecular weight is 207 g/mol. The largest absolute Gasteiger partial charge is 0.364 e. The van der Waals surface area contributed by atoms with Crippen LogP contribution in [0.2, 0.25) is 0 Å². The monoisotopic (exact) mass is 207 g/mol. The Balaban J connectivity index is 2.14. The molecular formula is C9H9N3O3. The first kappa shape index (κ1) is 9.45. The van der Waals surface area contributed by atoms with Crippen LogP contribution in [0.15, 0.2) is 21.4 Å². The van der Waals surface area contributed by atoms with Crippen LogP contribution in [0.5, 0.6) is 0 Å². The standard InChI is InChI=1S/C9H9N3O3/c1-5-4-14-12-8(5)9(13)10-7-3-6(2)15-11-7/h3-4H,1-2H3,(H,10,11,13). The van der Waals surface area contributed by atoms with E-state index in [1.807, 2.05) is 0 Å². The first-order valence-electron chi connectivity index (χ1n) is 4.32. The van der Waals surface area contributed by atoms with Gasteiger partial charge in [0.15, 0.2) is 11.5 Å². The number of hydrogen-bond donors (Lipinski definition) is 1. The number of nitrogens with zero attached hydrogens (tertiary/aromatic N) is 2. The van der Waals surface area contributed by atoms with Gasteiger partial charge in [0.2, 0.25) is 0 Å². The molecule has 0 fully saturated rings. The van der Waals surface area contributed by atoms with Gasteiger partial charge in [-0.2, -0.15) is 0 Å². The molecule has 6 nitrogen and oxygen atoms in total. The van der Waals surface area contributed by atoms with Gasteiger partial charge in [-0.3, -0.25) is 4.79 Å². The van der Waals surface area contributed by atoms with Gasteiger partial charge in [-0.15, -0.1) is 0 Å². The van der Waals surface area contributed by atoms with Crippen LogP contribution in [0.1, 0.15) is 21.8 Å². The lowest BCUT2D eigenvalue weighted by molar-refractivity contribution is 0.101. The number of carbonyl (C=O) groups excluding carboxylic acids is 1. The summed E-state index contributed by atoms with van der Waals surface area (Å²) in [4.78, 5) is 11.6. The van der Waals surface area contributed by atoms with E-state index in [2.05, 4.69) is 20.2 Å². The van der Waals surface area contributed by atoms with E-state index in [4.69, 9.17) is 4.52 Å². The lowest BCUT2D eigenvalue weighted by Gasteiger charge is -1.96. The van der Waals surface area contributed by atoms with Gasteiger partial charge in [-0.05, 0) is 13.8 Å². The number of nitrogens with one attached hydrogen (secondary N) is 1. The van der Waals surface area contributed by atoms with E-state index in [0.717, 1.165) is 0 Å². The minimum Gasteiger partial charge on any atom is -0.364 e. The molecule has 15 heavy (non-hydrogen) atoms. The predicted molar refractivity (Wildman–Crippen MR) is 50.4 cm³/mol. The summed E-state index contributed by atoms with van der Waals surface area (Å²) in [7, 11) is 0. The van der Waals surface area contributed by atoms with Gasteiger partial charge >= 0.3 is 0 Å². The summed E-state index contributed by atoms with van der Waals surface area (Å²) in [5, 5.41) is 9.74. The highest BCUT2D eigenvalue weighted by Gasteiger charge is 2.14. The number of carbonyl (C=O) groups is 1. The Labute approximate surface area is 85.2 Å². The van der Waals surface area contributed by atoms with Crippen molar-refractivity contribution >= 4 is 11.7 Å². The van der Waals surface area contributed by atoms with E-state index in [1.165, 1.54) is 6.26 Å². The first-order valence-corrected chi connectivity index (χ1v) is 4.32. The maximum atomic E-state index is 11.6. The van der Waals surface area contributed by atoms with Crippen molar-refractivity contribution in [1.82, 2.24) is 10.3 Å². The van der Waals surface area contributed by atoms with Crippen LogP contribution in [0.3, 0.4) is 0 Å². The maximum Gasteiger partial charge on any atom is 0.279 e. The molecule has 0 aliphatic rings. The summed E-state index contributed by atoms with van der Waals surface area (Å²) in [6.45, 7) is 3.48. The molecule has 0 radical (unpaired) electrons. The molecule has 2 aromatic rings. The van der Waals surface area contributed by atoms with E-state index in [-0.39, 0.29) is 11.6 Å². The van der Waals surface area contributed by atoms with Gasteiger partial charge in [0.05, 0.1) is 0 Å². The topological polar surface area (TPSA) is 81.2 Å². The van der Waals surface area contributed by atoms with Gasteiger partial charge < -0.3 is 14.4 Å². The zero-order valence-electron chi connectivity index (χ0n) is 8.27. The molecule has 0 aliphatic heterocycles. The normalized spacial score (nSPS) is 10.3. The Bertz CT molecular complexity index is 486. The van der Waals surface area contributed by atoms with Crippen molar-refractivity contribution in [2.24, 2.45) is 0 Å². The average Bonchev–Trinajstić information content (AvgIpc) is 2.75. The third-order valence-electron chi connectivity index (χ3n) is 1.83. The summed E-state index contributed by atoms with van der Waals surface area (Å²) in [5.74, 6) is 0.622. The van der Waals surface area contributed by atoms with Crippen LogP contribution in [-0.2, 0) is 0 Å². The Morgan fingerprint density at radius 1 is 1.40 bits per heavy atom. The van der Waals surface area contributed by atoms with Gasteiger partial charge in [-0.25, -0.2) is 0 Å². The molecule has 0 saturated heterocycles. The van der Waals surface area contributed by atoms with E-state index >= 15 is 0 Å². The minimum absolute atomic E-state index is 0.246. The number of aryl methyl sites for hydroxylation is 2. The molecule has 6 heteroatoms. The molecule has 1 amide bonds. The van der Waals surface area contributed by atoms with Gasteiger partial charge in [0, 0.05) is 11.6 Å². The molecule has 2 heterocycles. The molecule has 2 aromatic heterocycles. The fourth-order valence-electron chi connectivity index (χ4n) is 1.11. The van der Waals surface area contributed by atoms with Crippen molar-refractivity contribution in [2.75, 3.05) is 5.32 Å². The van der Waals surface area contributed by atoms with E-state index in [9.17, 15) is 4.79 Å². The Morgan fingerprint density at radius 2 is 2.20 bits per heavy atom. The van der Waals surface area contributed by atoms with Gasteiger partial charge in [0.25, 0.3) is 5.91 Å². The number of aromatic nitrogens is 2. The fraction of sp³-hybridized carbons (Fsp3) is 0.222. The van der Waals surface area contributed by atoms with Crippen molar-refractivity contribution < 1.29 is 13.8 Å². The van der Waals surface area contributed by atoms with Crippen molar-refractivity contribution in [3.63, 3.8) is 0 Å². The van der Waals surface area contributed by atoms with Crippen molar-refractivity contribution in [3.8, 4) is 0 Å². The molecule has 0 aromatic carbocycles. The zero-order valence-corrected chi connectivity index (χ0v) is 8.27. The molecule has 0 aliphatic carbocycles. The van der Waals surface area contributed by atoms with E-state index in [0.29, 0.717) is 17.1 Å². The Morgan fingerprint density at radius 3 is 2.73 bits per heavy atom. The molecule has 0 unspecified atom stereocenters. The number of amides is 1. The summed E-state index contributed by atoms with van der Waals surface area (Å²) in [6.07, 6.45) is 1.41.